The Bertz CT molecular complexity index is 710. The second-order valence-corrected chi connectivity index (χ2v) is 12.7. The molecule has 4 aliphatic carbocycles. The molecule has 0 aromatic carbocycles. The first-order valence-electron chi connectivity index (χ1n) is 12.8. The number of aliphatic hydroxyl groups is 3. The molecule has 4 fully saturated rings. The minimum absolute atomic E-state index is 0. The Balaban J connectivity index is 0.00000306. The van der Waals surface area contributed by atoms with Crippen molar-refractivity contribution in [2.45, 2.75) is 97.4 Å². The largest absolute Gasteiger partial charge is 1.00 e. The maximum absolute atomic E-state index is 11.7. The van der Waals surface area contributed by atoms with E-state index in [9.17, 15) is 24.1 Å². The van der Waals surface area contributed by atoms with E-state index < -0.39 is 23.6 Å². The van der Waals surface area contributed by atoms with Gasteiger partial charge in [-0.1, -0.05) is 34.1 Å². The van der Waals surface area contributed by atoms with Gasteiger partial charge in [-0.25, -0.2) is 4.21 Å². The summed E-state index contributed by atoms with van der Waals surface area (Å²) in [7, 11) is 0. The molecule has 0 saturated heterocycles. The monoisotopic (exact) mass is 494 g/mol. The van der Waals surface area contributed by atoms with Crippen molar-refractivity contribution in [1.29, 1.82) is 0 Å². The number of hydrogen-bond donors (Lipinski definition) is 3. The van der Waals surface area contributed by atoms with Crippen LogP contribution in [0.1, 0.15) is 79.1 Å². The first-order valence-corrected chi connectivity index (χ1v) is 13.8. The van der Waals surface area contributed by atoms with Crippen LogP contribution in [0.4, 0.5) is 0 Å². The Morgan fingerprint density at radius 3 is 2.45 bits per heavy atom. The van der Waals surface area contributed by atoms with Gasteiger partial charge in [0, 0.05) is 0 Å². The first kappa shape index (κ1) is 28.5. The van der Waals surface area contributed by atoms with Crippen LogP contribution in [0.5, 0.6) is 0 Å². The number of rotatable bonds is 6. The molecular formula is C25H43NaO6S. The molecule has 33 heavy (non-hydrogen) atoms. The van der Waals surface area contributed by atoms with Crippen molar-refractivity contribution in [2.75, 3.05) is 6.61 Å². The molecule has 0 heterocycles. The molecule has 0 aromatic heterocycles. The summed E-state index contributed by atoms with van der Waals surface area (Å²) in [6, 6.07) is 0. The summed E-state index contributed by atoms with van der Waals surface area (Å²) in [6.45, 7) is 9.18. The summed E-state index contributed by atoms with van der Waals surface area (Å²) in [4.78, 5) is 0. The van der Waals surface area contributed by atoms with E-state index in [4.69, 9.17) is 4.18 Å². The summed E-state index contributed by atoms with van der Waals surface area (Å²) in [5.41, 5.74) is -0.104. The van der Waals surface area contributed by atoms with E-state index in [1.165, 1.54) is 0 Å². The smallest absolute Gasteiger partial charge is 0.750 e. The zero-order valence-corrected chi connectivity index (χ0v) is 23.9. The van der Waals surface area contributed by atoms with Gasteiger partial charge in [-0.15, -0.1) is 0 Å². The predicted molar refractivity (Wildman–Crippen MR) is 122 cm³/mol. The molecular weight excluding hydrogens is 451 g/mol. The third-order valence-electron chi connectivity index (χ3n) is 10.8. The summed E-state index contributed by atoms with van der Waals surface area (Å²) in [6.07, 6.45) is 5.73. The van der Waals surface area contributed by atoms with Crippen molar-refractivity contribution in [3.63, 3.8) is 0 Å². The molecule has 0 aliphatic heterocycles. The fourth-order valence-corrected chi connectivity index (χ4v) is 9.78. The van der Waals surface area contributed by atoms with Crippen LogP contribution in [0, 0.1) is 52.3 Å². The molecule has 0 bridgehead atoms. The zero-order chi connectivity index (χ0) is 23.4. The third-order valence-corrected chi connectivity index (χ3v) is 11.2. The molecule has 4 unspecified atom stereocenters. The first-order chi connectivity index (χ1) is 15.0. The Labute approximate surface area is 224 Å². The van der Waals surface area contributed by atoms with Gasteiger partial charge in [-0.05, 0) is 97.2 Å². The molecule has 4 saturated carbocycles. The van der Waals surface area contributed by atoms with Crippen molar-refractivity contribution in [3.8, 4) is 0 Å². The Hall–Kier alpha value is 0.950. The number of fused-ring (bicyclic) bond motifs is 5. The summed E-state index contributed by atoms with van der Waals surface area (Å²) in [5.74, 6) is 1.65. The maximum atomic E-state index is 11.7. The van der Waals surface area contributed by atoms with Gasteiger partial charge in [0.1, 0.15) is 0 Å². The maximum Gasteiger partial charge on any atom is 1.00 e. The van der Waals surface area contributed by atoms with Crippen molar-refractivity contribution in [2.24, 2.45) is 52.3 Å². The Morgan fingerprint density at radius 1 is 1.12 bits per heavy atom. The molecule has 0 spiro atoms. The SMILES string of the molecule is CC[C@H]1[C@@H](O)C2C3CC[C@H]([C@H](C)CCOS(=O)[O-])[C@@]3(C)C[C@H](O)C2[C@@]2(C)CC[C@@H](O)C[C@@H]12.[Na+]. The molecule has 6 nitrogen and oxygen atoms in total. The second-order valence-electron chi connectivity index (χ2n) is 12.1. The molecule has 0 aromatic rings. The topological polar surface area (TPSA) is 110 Å². The van der Waals surface area contributed by atoms with E-state index >= 15 is 0 Å². The minimum atomic E-state index is -2.48. The average molecular weight is 495 g/mol. The van der Waals surface area contributed by atoms with Crippen LogP contribution >= 0.6 is 0 Å². The molecule has 4 aliphatic rings. The van der Waals surface area contributed by atoms with E-state index in [1.807, 2.05) is 0 Å². The molecule has 186 valence electrons. The van der Waals surface area contributed by atoms with Gasteiger partial charge in [0.05, 0.1) is 36.3 Å². The minimum Gasteiger partial charge on any atom is -0.750 e. The van der Waals surface area contributed by atoms with Crippen molar-refractivity contribution >= 4 is 11.4 Å². The summed E-state index contributed by atoms with van der Waals surface area (Å²) in [5, 5.41) is 33.8. The van der Waals surface area contributed by atoms with Crippen LogP contribution in [-0.4, -0.2) is 49.0 Å². The normalized spacial score (nSPS) is 51.0. The quantitative estimate of drug-likeness (QED) is 0.365. The Kier molecular flexibility index (Phi) is 9.29. The van der Waals surface area contributed by atoms with Crippen LogP contribution in [0.25, 0.3) is 0 Å². The van der Waals surface area contributed by atoms with Gasteiger partial charge >= 0.3 is 29.6 Å². The van der Waals surface area contributed by atoms with Gasteiger partial charge in [0.2, 0.25) is 0 Å². The molecule has 8 heteroatoms. The molecule has 0 radical (unpaired) electrons. The predicted octanol–water partition coefficient (Wildman–Crippen LogP) is 0.425. The van der Waals surface area contributed by atoms with Gasteiger partial charge in [0.15, 0.2) is 0 Å². The average Bonchev–Trinajstić information content (AvgIpc) is 3.05. The second kappa shape index (κ2) is 10.7. The van der Waals surface area contributed by atoms with Crippen molar-refractivity contribution in [3.05, 3.63) is 0 Å². The number of aliphatic hydroxyl groups excluding tert-OH is 3. The van der Waals surface area contributed by atoms with Gasteiger partial charge in [-0.3, -0.25) is 0 Å². The molecule has 3 N–H and O–H groups in total. The van der Waals surface area contributed by atoms with Crippen LogP contribution < -0.4 is 29.6 Å². The van der Waals surface area contributed by atoms with E-state index in [0.717, 1.165) is 44.9 Å². The molecule has 13 atom stereocenters. The van der Waals surface area contributed by atoms with Crippen LogP contribution in [0.2, 0.25) is 0 Å². The molecule has 4 rings (SSSR count). The van der Waals surface area contributed by atoms with Gasteiger partial charge in [-0.2, -0.15) is 0 Å². The standard InChI is InChI=1S/C25H44O6S.Na/c1-5-16-19-12-15(26)8-10-24(19,3)22-20(27)13-25(4)17(14(2)9-11-31-32(29)30)6-7-18(25)21(22)23(16)28;/h14-23,26-28H,5-13H2,1-4H3,(H,29,30);/q;+1/p-1/t14-,15-,16-,17-,18?,19+,20+,21?,22?,23-,24+,25-;/m1./s1. The summed E-state index contributed by atoms with van der Waals surface area (Å²) >= 11 is -2.48. The van der Waals surface area contributed by atoms with Crippen molar-refractivity contribution < 1.29 is 57.8 Å². The van der Waals surface area contributed by atoms with Crippen molar-refractivity contribution in [1.82, 2.24) is 0 Å². The van der Waals surface area contributed by atoms with Gasteiger partial charge < -0.3 is 24.1 Å². The number of hydrogen-bond acceptors (Lipinski definition) is 6. The van der Waals surface area contributed by atoms with Crippen LogP contribution in [-0.2, 0) is 15.5 Å². The Morgan fingerprint density at radius 2 is 1.82 bits per heavy atom. The van der Waals surface area contributed by atoms with E-state index in [-0.39, 0.29) is 76.8 Å². The van der Waals surface area contributed by atoms with Crippen LogP contribution in [0.15, 0.2) is 0 Å². The molecule has 0 amide bonds. The fourth-order valence-electron chi connectivity index (χ4n) is 9.55. The van der Waals surface area contributed by atoms with E-state index in [1.54, 1.807) is 0 Å². The van der Waals surface area contributed by atoms with Crippen LogP contribution in [0.3, 0.4) is 0 Å². The van der Waals surface area contributed by atoms with E-state index in [2.05, 4.69) is 27.7 Å². The van der Waals surface area contributed by atoms with E-state index in [0.29, 0.717) is 24.2 Å². The van der Waals surface area contributed by atoms with Gasteiger partial charge in [0.25, 0.3) is 0 Å². The third kappa shape index (κ3) is 4.82. The summed E-state index contributed by atoms with van der Waals surface area (Å²) < 4.78 is 26.3. The fraction of sp³-hybridized carbons (Fsp3) is 1.00. The zero-order valence-electron chi connectivity index (χ0n) is 21.1.